The molecule has 7 heteroatoms. The minimum absolute atomic E-state index is 0.111. The minimum atomic E-state index is -1.04. The molecule has 22 heavy (non-hydrogen) atoms. The Morgan fingerprint density at radius 1 is 1.41 bits per heavy atom. The summed E-state index contributed by atoms with van der Waals surface area (Å²) in [7, 11) is 1.63. The van der Waals surface area contributed by atoms with Gasteiger partial charge < -0.3 is 18.9 Å². The van der Waals surface area contributed by atoms with Crippen LogP contribution in [0.3, 0.4) is 0 Å². The van der Waals surface area contributed by atoms with Gasteiger partial charge in [-0.05, 0) is 25.8 Å². The van der Waals surface area contributed by atoms with E-state index in [0.717, 1.165) is 12.8 Å². The maximum atomic E-state index is 12.5. The highest BCUT2D eigenvalue weighted by Gasteiger charge is 2.32. The number of carboxylic acids is 1. The Morgan fingerprint density at radius 3 is 2.73 bits per heavy atom. The summed E-state index contributed by atoms with van der Waals surface area (Å²) >= 11 is 0. The van der Waals surface area contributed by atoms with Gasteiger partial charge in [0, 0.05) is 13.0 Å². The molecule has 2 heterocycles. The van der Waals surface area contributed by atoms with E-state index in [1.807, 2.05) is 0 Å². The van der Waals surface area contributed by atoms with E-state index in [2.05, 4.69) is 5.16 Å². The van der Waals surface area contributed by atoms with Crippen molar-refractivity contribution >= 4 is 11.9 Å². The molecule has 0 aliphatic heterocycles. The van der Waals surface area contributed by atoms with Crippen molar-refractivity contribution in [3.8, 4) is 0 Å². The molecular formula is C15H16N2O5. The van der Waals surface area contributed by atoms with Gasteiger partial charge in [-0.1, -0.05) is 5.16 Å². The molecule has 0 spiro atoms. The van der Waals surface area contributed by atoms with Crippen LogP contribution in [-0.4, -0.2) is 34.1 Å². The average Bonchev–Trinajstić information content (AvgIpc) is 3.07. The second-order valence-electron chi connectivity index (χ2n) is 5.54. The van der Waals surface area contributed by atoms with E-state index >= 15 is 0 Å². The number of aromatic carboxylic acids is 1. The van der Waals surface area contributed by atoms with E-state index in [1.54, 1.807) is 14.0 Å². The first kappa shape index (κ1) is 14.4. The lowest BCUT2D eigenvalue weighted by Crippen LogP contribution is -2.26. The summed E-state index contributed by atoms with van der Waals surface area (Å²) in [6.07, 6.45) is 3.41. The largest absolute Gasteiger partial charge is 0.478 e. The van der Waals surface area contributed by atoms with Crippen LogP contribution in [0.2, 0.25) is 0 Å². The first-order valence-electron chi connectivity index (χ1n) is 6.99. The molecule has 2 aromatic rings. The van der Waals surface area contributed by atoms with Crippen molar-refractivity contribution in [2.75, 3.05) is 7.05 Å². The monoisotopic (exact) mass is 304 g/mol. The van der Waals surface area contributed by atoms with Crippen molar-refractivity contribution in [2.24, 2.45) is 0 Å². The van der Waals surface area contributed by atoms with Gasteiger partial charge in [0.25, 0.3) is 5.91 Å². The number of carbonyl (C=O) groups excluding carboxylic acids is 1. The van der Waals surface area contributed by atoms with Gasteiger partial charge in [-0.2, -0.15) is 0 Å². The van der Waals surface area contributed by atoms with Gasteiger partial charge in [-0.15, -0.1) is 0 Å². The van der Waals surface area contributed by atoms with Crippen molar-refractivity contribution in [2.45, 2.75) is 32.2 Å². The number of rotatable bonds is 5. The number of amides is 1. The summed E-state index contributed by atoms with van der Waals surface area (Å²) in [6.45, 7) is 1.77. The first-order chi connectivity index (χ1) is 10.5. The maximum Gasteiger partial charge on any atom is 0.339 e. The highest BCUT2D eigenvalue weighted by atomic mass is 16.5. The van der Waals surface area contributed by atoms with Crippen LogP contribution in [0.5, 0.6) is 0 Å². The summed E-state index contributed by atoms with van der Waals surface area (Å²) in [5, 5.41) is 12.9. The van der Waals surface area contributed by atoms with Crippen LogP contribution in [0, 0.1) is 6.92 Å². The minimum Gasteiger partial charge on any atom is -0.478 e. The van der Waals surface area contributed by atoms with E-state index in [4.69, 9.17) is 14.0 Å². The topological polar surface area (TPSA) is 96.8 Å². The van der Waals surface area contributed by atoms with E-state index in [-0.39, 0.29) is 18.0 Å². The molecule has 1 aliphatic carbocycles. The number of hydrogen-bond donors (Lipinski definition) is 1. The zero-order chi connectivity index (χ0) is 15.9. The van der Waals surface area contributed by atoms with E-state index in [9.17, 15) is 9.59 Å². The number of carbonyl (C=O) groups is 2. The van der Waals surface area contributed by atoms with Crippen molar-refractivity contribution in [3.63, 3.8) is 0 Å². The molecule has 1 amide bonds. The van der Waals surface area contributed by atoms with Crippen LogP contribution in [0.1, 0.15) is 56.7 Å². The Hall–Kier alpha value is -2.57. The van der Waals surface area contributed by atoms with Gasteiger partial charge in [0.05, 0.1) is 12.2 Å². The van der Waals surface area contributed by atoms with Gasteiger partial charge in [0.15, 0.2) is 0 Å². The molecule has 0 aromatic carbocycles. The fourth-order valence-electron chi connectivity index (χ4n) is 2.40. The number of furan rings is 1. The summed E-state index contributed by atoms with van der Waals surface area (Å²) in [4.78, 5) is 24.9. The van der Waals surface area contributed by atoms with Gasteiger partial charge in [-0.25, -0.2) is 4.79 Å². The molecule has 0 saturated heterocycles. The van der Waals surface area contributed by atoms with Crippen molar-refractivity contribution in [1.82, 2.24) is 10.1 Å². The van der Waals surface area contributed by atoms with Gasteiger partial charge >= 0.3 is 5.97 Å². The molecule has 3 rings (SSSR count). The maximum absolute atomic E-state index is 12.5. The van der Waals surface area contributed by atoms with Crippen LogP contribution in [0.4, 0.5) is 0 Å². The number of carboxylic acid groups (broad SMARTS) is 1. The van der Waals surface area contributed by atoms with Gasteiger partial charge in [0.2, 0.25) is 0 Å². The third-order valence-electron chi connectivity index (χ3n) is 3.73. The smallest absolute Gasteiger partial charge is 0.339 e. The SMILES string of the molecule is Cc1oc(CN(C)C(=O)c2conc2C2CC2)cc1C(=O)O. The Kier molecular flexibility index (Phi) is 3.48. The summed E-state index contributed by atoms with van der Waals surface area (Å²) < 4.78 is 10.3. The lowest BCUT2D eigenvalue weighted by molar-refractivity contribution is 0.0694. The standard InChI is InChI=1S/C15H16N2O5/c1-8-11(15(19)20)5-10(22-8)6-17(2)14(18)12-7-21-16-13(12)9-3-4-9/h5,7,9H,3-4,6H2,1-2H3,(H,19,20). The molecule has 7 nitrogen and oxygen atoms in total. The zero-order valence-electron chi connectivity index (χ0n) is 12.3. The molecule has 0 unspecified atom stereocenters. The molecule has 1 aliphatic rings. The molecule has 2 aromatic heterocycles. The Bertz CT molecular complexity index is 726. The zero-order valence-corrected chi connectivity index (χ0v) is 12.3. The van der Waals surface area contributed by atoms with Crippen LogP contribution in [0.15, 0.2) is 21.3 Å². The summed E-state index contributed by atoms with van der Waals surface area (Å²) in [5.74, 6) is -0.191. The van der Waals surface area contributed by atoms with Crippen LogP contribution >= 0.6 is 0 Å². The van der Waals surface area contributed by atoms with Gasteiger partial charge in [-0.3, -0.25) is 4.79 Å². The number of nitrogens with zero attached hydrogens (tertiary/aromatic N) is 2. The molecule has 1 fully saturated rings. The summed E-state index contributed by atoms with van der Waals surface area (Å²) in [6, 6.07) is 1.44. The fourth-order valence-corrected chi connectivity index (χ4v) is 2.40. The first-order valence-corrected chi connectivity index (χ1v) is 6.99. The van der Waals surface area contributed by atoms with E-state index < -0.39 is 5.97 Å². The van der Waals surface area contributed by atoms with Crippen LogP contribution < -0.4 is 0 Å². The number of aryl methyl sites for hydroxylation is 1. The van der Waals surface area contributed by atoms with Crippen molar-refractivity contribution in [3.05, 3.63) is 40.7 Å². The second kappa shape index (κ2) is 5.32. The van der Waals surface area contributed by atoms with Crippen LogP contribution in [0.25, 0.3) is 0 Å². The second-order valence-corrected chi connectivity index (χ2v) is 5.54. The molecular weight excluding hydrogens is 288 g/mol. The Morgan fingerprint density at radius 2 is 2.14 bits per heavy atom. The lowest BCUT2D eigenvalue weighted by atomic mass is 10.1. The lowest BCUT2D eigenvalue weighted by Gasteiger charge is -2.15. The Balaban J connectivity index is 1.75. The number of hydrogen-bond acceptors (Lipinski definition) is 5. The van der Waals surface area contributed by atoms with Crippen molar-refractivity contribution < 1.29 is 23.6 Å². The molecule has 0 radical (unpaired) electrons. The molecule has 0 atom stereocenters. The average molecular weight is 304 g/mol. The predicted octanol–water partition coefficient (Wildman–Crippen LogP) is 2.42. The van der Waals surface area contributed by atoms with Gasteiger partial charge in [0.1, 0.15) is 28.9 Å². The van der Waals surface area contributed by atoms with E-state index in [1.165, 1.54) is 17.2 Å². The third-order valence-corrected chi connectivity index (χ3v) is 3.73. The highest BCUT2D eigenvalue weighted by Crippen LogP contribution is 2.41. The predicted molar refractivity (Wildman–Crippen MR) is 74.7 cm³/mol. The third kappa shape index (κ3) is 2.61. The Labute approximate surface area is 126 Å². The quantitative estimate of drug-likeness (QED) is 0.911. The highest BCUT2D eigenvalue weighted by molar-refractivity contribution is 5.95. The molecule has 1 N–H and O–H groups in total. The molecule has 116 valence electrons. The number of aromatic nitrogens is 1. The summed E-state index contributed by atoms with van der Waals surface area (Å²) in [5.41, 5.74) is 1.28. The molecule has 1 saturated carbocycles. The van der Waals surface area contributed by atoms with E-state index in [0.29, 0.717) is 28.7 Å². The van der Waals surface area contributed by atoms with Crippen LogP contribution in [-0.2, 0) is 6.54 Å². The normalized spacial score (nSPS) is 14.1. The van der Waals surface area contributed by atoms with Crippen molar-refractivity contribution in [1.29, 1.82) is 0 Å². The molecule has 0 bridgehead atoms. The fraction of sp³-hybridized carbons (Fsp3) is 0.400.